The quantitative estimate of drug-likeness (QED) is 0.885. The summed E-state index contributed by atoms with van der Waals surface area (Å²) in [7, 11) is -1.83. The van der Waals surface area contributed by atoms with Crippen LogP contribution in [0.2, 0.25) is 0 Å². The van der Waals surface area contributed by atoms with Crippen molar-refractivity contribution in [3.63, 3.8) is 0 Å². The minimum absolute atomic E-state index is 0.0601. The number of thiophene rings is 1. The van der Waals surface area contributed by atoms with Gasteiger partial charge < -0.3 is 4.90 Å². The van der Waals surface area contributed by atoms with Crippen molar-refractivity contribution in [1.82, 2.24) is 9.62 Å². The smallest absolute Gasteiger partial charge is 0.242 e. The minimum atomic E-state index is -3.52. The molecule has 1 aromatic rings. The fraction of sp³-hybridized carbons (Fsp3) is 0.545. The highest BCUT2D eigenvalue weighted by atomic mass is 79.9. The molecule has 0 radical (unpaired) electrons. The van der Waals surface area contributed by atoms with Gasteiger partial charge in [0, 0.05) is 30.9 Å². The third kappa shape index (κ3) is 3.36. The topological polar surface area (TPSA) is 66.5 Å². The van der Waals surface area contributed by atoms with Crippen molar-refractivity contribution in [2.75, 3.05) is 13.6 Å². The molecule has 1 unspecified atom stereocenters. The van der Waals surface area contributed by atoms with Gasteiger partial charge in [-0.2, -0.15) is 0 Å². The Morgan fingerprint density at radius 2 is 2.21 bits per heavy atom. The van der Waals surface area contributed by atoms with Gasteiger partial charge in [-0.25, -0.2) is 13.1 Å². The molecule has 0 bridgehead atoms. The number of hydrogen-bond acceptors (Lipinski definition) is 4. The second-order valence-corrected chi connectivity index (χ2v) is 8.92. The molecule has 0 aromatic carbocycles. The lowest BCUT2D eigenvalue weighted by Gasteiger charge is -2.29. The van der Waals surface area contributed by atoms with Crippen molar-refractivity contribution >= 4 is 43.2 Å². The maximum atomic E-state index is 12.3. The largest absolute Gasteiger partial charge is 0.344 e. The van der Waals surface area contributed by atoms with E-state index in [0.717, 1.165) is 8.66 Å². The van der Waals surface area contributed by atoms with E-state index in [1.807, 2.05) is 0 Å². The van der Waals surface area contributed by atoms with E-state index in [1.54, 1.807) is 24.9 Å². The summed E-state index contributed by atoms with van der Waals surface area (Å²) >= 11 is 4.68. The Hall–Kier alpha value is -0.440. The lowest BCUT2D eigenvalue weighted by Crippen LogP contribution is -2.48. The Morgan fingerprint density at radius 1 is 1.53 bits per heavy atom. The van der Waals surface area contributed by atoms with Gasteiger partial charge in [0.25, 0.3) is 0 Å². The number of carbonyl (C=O) groups is 1. The van der Waals surface area contributed by atoms with Crippen LogP contribution in [0.4, 0.5) is 0 Å². The first-order valence-electron chi connectivity index (χ1n) is 5.82. The molecule has 106 valence electrons. The van der Waals surface area contributed by atoms with Crippen molar-refractivity contribution in [2.24, 2.45) is 0 Å². The Balaban J connectivity index is 2.14. The van der Waals surface area contributed by atoms with Crippen molar-refractivity contribution in [2.45, 2.75) is 30.7 Å². The summed E-state index contributed by atoms with van der Waals surface area (Å²) in [6, 6.07) is 1.39. The fourth-order valence-electron chi connectivity index (χ4n) is 2.09. The monoisotopic (exact) mass is 366 g/mol. The van der Waals surface area contributed by atoms with Gasteiger partial charge in [0.2, 0.25) is 15.9 Å². The third-order valence-corrected chi connectivity index (χ3v) is 6.41. The summed E-state index contributed by atoms with van der Waals surface area (Å²) in [5, 5.41) is 0. The van der Waals surface area contributed by atoms with Crippen LogP contribution in [-0.2, 0) is 14.8 Å². The number of hydrogen-bond donors (Lipinski definition) is 1. The average Bonchev–Trinajstić information content (AvgIpc) is 2.63. The summed E-state index contributed by atoms with van der Waals surface area (Å²) in [6.07, 6.45) is 0.933. The highest BCUT2D eigenvalue weighted by molar-refractivity contribution is 9.11. The van der Waals surface area contributed by atoms with E-state index >= 15 is 0 Å². The van der Waals surface area contributed by atoms with E-state index in [0.29, 0.717) is 24.3 Å². The number of halogens is 1. The number of carbonyl (C=O) groups excluding carboxylic acids is 1. The molecule has 1 saturated heterocycles. The van der Waals surface area contributed by atoms with E-state index in [4.69, 9.17) is 0 Å². The molecule has 1 atom stereocenters. The number of likely N-dealkylation sites (tertiary alicyclic amines) is 1. The van der Waals surface area contributed by atoms with E-state index in [1.165, 1.54) is 11.3 Å². The molecule has 1 N–H and O–H groups in total. The number of rotatable bonds is 3. The lowest BCUT2D eigenvalue weighted by molar-refractivity contribution is -0.132. The number of sulfonamides is 1. The zero-order valence-corrected chi connectivity index (χ0v) is 13.9. The molecule has 0 aliphatic carbocycles. The predicted octanol–water partition coefficient (Wildman–Crippen LogP) is 1.72. The zero-order valence-electron chi connectivity index (χ0n) is 10.6. The van der Waals surface area contributed by atoms with Gasteiger partial charge in [0.05, 0.1) is 8.68 Å². The Morgan fingerprint density at radius 3 is 2.74 bits per heavy atom. The summed E-state index contributed by atoms with van der Waals surface area (Å²) in [5.41, 5.74) is 0. The first-order chi connectivity index (χ1) is 8.79. The van der Waals surface area contributed by atoms with Crippen LogP contribution >= 0.6 is 27.3 Å². The summed E-state index contributed by atoms with van der Waals surface area (Å²) in [4.78, 5) is 14.0. The molecule has 5 nitrogen and oxygen atoms in total. The van der Waals surface area contributed by atoms with Crippen molar-refractivity contribution in [3.8, 4) is 0 Å². The molecule has 2 heterocycles. The van der Waals surface area contributed by atoms with Gasteiger partial charge in [-0.1, -0.05) is 0 Å². The van der Waals surface area contributed by atoms with Crippen LogP contribution in [0.1, 0.15) is 17.7 Å². The average molecular weight is 367 g/mol. The first kappa shape index (κ1) is 15.0. The molecule has 1 fully saturated rings. The number of amides is 1. The number of aryl methyl sites for hydroxylation is 1. The third-order valence-electron chi connectivity index (χ3n) is 3.08. The predicted molar refractivity (Wildman–Crippen MR) is 77.7 cm³/mol. The van der Waals surface area contributed by atoms with Crippen LogP contribution in [0.3, 0.4) is 0 Å². The van der Waals surface area contributed by atoms with Crippen molar-refractivity contribution in [1.29, 1.82) is 0 Å². The Bertz CT molecular complexity index is 597. The first-order valence-corrected chi connectivity index (χ1v) is 8.91. The second-order valence-electron chi connectivity index (χ2n) is 4.60. The Kier molecular flexibility index (Phi) is 4.34. The fourth-order valence-corrected chi connectivity index (χ4v) is 5.76. The van der Waals surface area contributed by atoms with Crippen LogP contribution < -0.4 is 4.72 Å². The van der Waals surface area contributed by atoms with E-state index in [2.05, 4.69) is 20.7 Å². The summed E-state index contributed by atoms with van der Waals surface area (Å²) in [5.74, 6) is 0.0601. The van der Waals surface area contributed by atoms with Crippen LogP contribution in [0.25, 0.3) is 0 Å². The number of likely N-dealkylation sites (N-methyl/N-ethyl adjacent to an activating group) is 1. The lowest BCUT2D eigenvalue weighted by atomic mass is 10.1. The van der Waals surface area contributed by atoms with Crippen LogP contribution in [-0.4, -0.2) is 38.9 Å². The molecule has 2 rings (SSSR count). The van der Waals surface area contributed by atoms with Crippen molar-refractivity contribution < 1.29 is 13.2 Å². The molecule has 8 heteroatoms. The van der Waals surface area contributed by atoms with Gasteiger partial charge >= 0.3 is 0 Å². The van der Waals surface area contributed by atoms with Crippen LogP contribution in [0.15, 0.2) is 14.7 Å². The Labute approximate surface area is 125 Å². The van der Waals surface area contributed by atoms with Crippen LogP contribution in [0.5, 0.6) is 0 Å². The maximum Gasteiger partial charge on any atom is 0.242 e. The van der Waals surface area contributed by atoms with E-state index < -0.39 is 10.0 Å². The minimum Gasteiger partial charge on any atom is -0.344 e. The SMILES string of the molecule is Cc1sc(Br)cc1S(=O)(=O)NC1CCC(=O)N(C)C1. The number of nitrogens with one attached hydrogen (secondary N) is 1. The normalized spacial score (nSPS) is 20.9. The molecule has 0 spiro atoms. The number of nitrogens with zero attached hydrogens (tertiary/aromatic N) is 1. The van der Waals surface area contributed by atoms with E-state index in [-0.39, 0.29) is 11.9 Å². The molecule has 1 aliphatic heterocycles. The van der Waals surface area contributed by atoms with Gasteiger partial charge in [0.1, 0.15) is 0 Å². The maximum absolute atomic E-state index is 12.3. The molecular formula is C11H15BrN2O3S2. The van der Waals surface area contributed by atoms with Gasteiger partial charge in [-0.05, 0) is 35.3 Å². The van der Waals surface area contributed by atoms with Crippen LogP contribution in [0, 0.1) is 6.92 Å². The molecular weight excluding hydrogens is 352 g/mol. The second kappa shape index (κ2) is 5.51. The van der Waals surface area contributed by atoms with Gasteiger partial charge in [0.15, 0.2) is 0 Å². The number of piperidine rings is 1. The molecule has 1 aliphatic rings. The molecule has 1 amide bonds. The van der Waals surface area contributed by atoms with Gasteiger partial charge in [-0.15, -0.1) is 11.3 Å². The zero-order chi connectivity index (χ0) is 14.2. The summed E-state index contributed by atoms with van der Waals surface area (Å²) < 4.78 is 28.1. The molecule has 19 heavy (non-hydrogen) atoms. The molecule has 0 saturated carbocycles. The highest BCUT2D eigenvalue weighted by Crippen LogP contribution is 2.29. The van der Waals surface area contributed by atoms with Gasteiger partial charge in [-0.3, -0.25) is 4.79 Å². The summed E-state index contributed by atoms with van der Waals surface area (Å²) in [6.45, 7) is 2.20. The standard InChI is InChI=1S/C11H15BrN2O3S2/c1-7-9(5-10(12)18-7)19(16,17)13-8-3-4-11(15)14(2)6-8/h5,8,13H,3-4,6H2,1-2H3. The highest BCUT2D eigenvalue weighted by Gasteiger charge is 2.28. The van der Waals surface area contributed by atoms with E-state index in [9.17, 15) is 13.2 Å². The molecule has 1 aromatic heterocycles. The van der Waals surface area contributed by atoms with Crippen molar-refractivity contribution in [3.05, 3.63) is 14.7 Å².